The molecule has 0 saturated carbocycles. The Morgan fingerprint density at radius 2 is 1.00 bits per heavy atom. The Bertz CT molecular complexity index is 2930. The van der Waals surface area contributed by atoms with Crippen LogP contribution in [0.15, 0.2) is 127 Å². The highest BCUT2D eigenvalue weighted by Crippen LogP contribution is 2.34. The molecule has 6 aromatic rings. The van der Waals surface area contributed by atoms with Gasteiger partial charge in [0.2, 0.25) is 0 Å². The molecule has 2 atom stereocenters. The maximum Gasteiger partial charge on any atom is 0.303 e. The largest absolute Gasteiger partial charge is 0.481 e. The molecule has 1 aliphatic carbocycles. The zero-order chi connectivity index (χ0) is 58.7. The highest BCUT2D eigenvalue weighted by molar-refractivity contribution is 5.75. The van der Waals surface area contributed by atoms with Crippen molar-refractivity contribution in [2.75, 3.05) is 40.3 Å². The average Bonchev–Trinajstić information content (AvgIpc) is 3.87. The molecule has 0 aromatic heterocycles. The molecule has 0 saturated heterocycles. The first kappa shape index (κ1) is 64.2. The van der Waals surface area contributed by atoms with Crippen LogP contribution in [0, 0.1) is 19.8 Å². The van der Waals surface area contributed by atoms with Gasteiger partial charge in [-0.25, -0.2) is 0 Å². The van der Waals surface area contributed by atoms with E-state index in [1.807, 2.05) is 24.3 Å². The van der Waals surface area contributed by atoms with Crippen LogP contribution in [-0.4, -0.2) is 106 Å². The van der Waals surface area contributed by atoms with Gasteiger partial charge in [0.15, 0.2) is 0 Å². The third-order valence-corrected chi connectivity index (χ3v) is 16.3. The van der Waals surface area contributed by atoms with Crippen LogP contribution in [0.4, 0.5) is 0 Å². The lowest BCUT2D eigenvalue weighted by Gasteiger charge is -2.31. The van der Waals surface area contributed by atoms with Crippen molar-refractivity contribution in [2.45, 2.75) is 169 Å². The van der Waals surface area contributed by atoms with E-state index in [1.54, 1.807) is 0 Å². The van der Waals surface area contributed by atoms with Crippen LogP contribution in [0.1, 0.15) is 135 Å². The number of hydrogen-bond donors (Lipinski definition) is 6. The second-order valence-electron chi connectivity index (χ2n) is 24.5. The summed E-state index contributed by atoms with van der Waals surface area (Å²) in [5.74, 6) is -0.895. The summed E-state index contributed by atoms with van der Waals surface area (Å²) in [7, 11) is 4.13. The molecule has 81 heavy (non-hydrogen) atoms. The number of benzene rings is 6. The van der Waals surface area contributed by atoms with Crippen LogP contribution in [0.3, 0.4) is 0 Å². The summed E-state index contributed by atoms with van der Waals surface area (Å²) < 4.78 is 0. The lowest BCUT2D eigenvalue weighted by atomic mass is 9.88. The third kappa shape index (κ3) is 20.4. The monoisotopic (exact) mass is 1100 g/mol. The Balaban J connectivity index is 0.000000261. The number of likely N-dealkylation sites (N-methyl/N-ethyl adjacent to an activating group) is 2. The minimum atomic E-state index is -0.774. The van der Waals surface area contributed by atoms with Crippen LogP contribution in [0.2, 0.25) is 0 Å². The molecule has 0 radical (unpaired) electrons. The van der Waals surface area contributed by atoms with Gasteiger partial charge in [-0.1, -0.05) is 141 Å². The van der Waals surface area contributed by atoms with E-state index in [0.717, 1.165) is 109 Å². The van der Waals surface area contributed by atoms with Crippen molar-refractivity contribution >= 4 is 11.9 Å². The number of rotatable bonds is 30. The van der Waals surface area contributed by atoms with Crippen molar-refractivity contribution in [3.05, 3.63) is 189 Å². The Hall–Kier alpha value is -5.98. The minimum Gasteiger partial charge on any atom is -0.481 e. The maximum absolute atomic E-state index is 11.2. The highest BCUT2D eigenvalue weighted by atomic mass is 16.4. The average molecular weight is 1100 g/mol. The van der Waals surface area contributed by atoms with Crippen LogP contribution in [0.25, 0.3) is 22.3 Å². The van der Waals surface area contributed by atoms with Crippen LogP contribution in [0.5, 0.6) is 0 Å². The zero-order valence-electron chi connectivity index (χ0n) is 50.6. The summed E-state index contributed by atoms with van der Waals surface area (Å²) in [6, 6.07) is 44.9. The molecule has 0 heterocycles. The SMILES string of the molecule is CCc1cc(-c2c(C)cccc2CCC(=O)O)ccc1CN(C)C[C@H](O)CNC(C)(C)CC1Cc2ccccc2C1.CCc1cc(-c2c(C)cccc2CCC(=O)O)ccc1CN(C)C[C@H](O)CNC(C)(C)CCCc1ccccc1. The standard InChI is InChI=1S/C36H48N2O3.C35H48N2O3/c1-6-27-20-31(35-25(2)10-9-13-28(35)16-17-34(40)41)14-15-32(27)23-38(5)24-33(39)22-37-36(3,4)21-26-18-29-11-7-8-12-30(29)19-26;1-6-28-22-30(34-26(2)12-10-16-29(34)19-20-33(39)40)17-18-31(28)24-37(5)25-32(38)23-36-35(3,4)21-11-15-27-13-8-7-9-14-27/h7-15,20,26,33,37,39H,6,16-19,21-24H2,1-5H3,(H,40,41);7-10,12-14,16-18,22,32,36,38H,6,11,15,19-21,23-25H2,1-5H3,(H,39,40)/t33-;32-/m11/s1. The molecule has 6 aromatic carbocycles. The van der Waals surface area contributed by atoms with E-state index in [4.69, 9.17) is 0 Å². The summed E-state index contributed by atoms with van der Waals surface area (Å²) in [5.41, 5.74) is 18.4. The predicted molar refractivity (Wildman–Crippen MR) is 334 cm³/mol. The van der Waals surface area contributed by atoms with Gasteiger partial charge in [0, 0.05) is 63.2 Å². The minimum absolute atomic E-state index is 0.0293. The molecule has 10 heteroatoms. The first-order valence-electron chi connectivity index (χ1n) is 29.8. The summed E-state index contributed by atoms with van der Waals surface area (Å²) in [5, 5.41) is 47.3. The molecule has 436 valence electrons. The Kier molecular flexibility index (Phi) is 24.5. The number of nitrogens with zero attached hydrogens (tertiary/aromatic N) is 2. The van der Waals surface area contributed by atoms with Crippen molar-refractivity contribution in [3.63, 3.8) is 0 Å². The van der Waals surface area contributed by atoms with E-state index in [2.05, 4.69) is 193 Å². The number of aliphatic hydroxyl groups excluding tert-OH is 2. The lowest BCUT2D eigenvalue weighted by molar-refractivity contribution is -0.138. The number of aliphatic carboxylic acids is 2. The van der Waals surface area contributed by atoms with Crippen molar-refractivity contribution < 1.29 is 30.0 Å². The summed E-state index contributed by atoms with van der Waals surface area (Å²) in [6.07, 6.45) is 8.85. The van der Waals surface area contributed by atoms with Gasteiger partial charge in [-0.05, 0) is 209 Å². The molecule has 10 nitrogen and oxygen atoms in total. The number of aliphatic hydroxyl groups is 2. The highest BCUT2D eigenvalue weighted by Gasteiger charge is 2.29. The van der Waals surface area contributed by atoms with Crippen LogP contribution >= 0.6 is 0 Å². The van der Waals surface area contributed by atoms with Crippen LogP contribution < -0.4 is 10.6 Å². The van der Waals surface area contributed by atoms with E-state index in [1.165, 1.54) is 38.9 Å². The molecule has 7 rings (SSSR count). The van der Waals surface area contributed by atoms with E-state index in [9.17, 15) is 30.0 Å². The molecule has 6 N–H and O–H groups in total. The Labute approximate surface area is 486 Å². The fourth-order valence-electron chi connectivity index (χ4n) is 12.1. The number of carbonyl (C=O) groups is 2. The predicted octanol–water partition coefficient (Wildman–Crippen LogP) is 12.6. The first-order valence-corrected chi connectivity index (χ1v) is 29.8. The number of carboxylic acid groups (broad SMARTS) is 2. The van der Waals surface area contributed by atoms with Gasteiger partial charge in [-0.2, -0.15) is 0 Å². The van der Waals surface area contributed by atoms with Gasteiger partial charge in [0.05, 0.1) is 12.2 Å². The summed E-state index contributed by atoms with van der Waals surface area (Å²) in [4.78, 5) is 26.8. The molecule has 0 bridgehead atoms. The number of fused-ring (bicyclic) bond motifs is 1. The van der Waals surface area contributed by atoms with Crippen molar-refractivity contribution in [1.29, 1.82) is 0 Å². The Morgan fingerprint density at radius 3 is 1.44 bits per heavy atom. The third-order valence-electron chi connectivity index (χ3n) is 16.3. The van der Waals surface area contributed by atoms with Gasteiger partial charge in [-0.3, -0.25) is 19.4 Å². The van der Waals surface area contributed by atoms with E-state index in [0.29, 0.717) is 44.9 Å². The molecule has 0 unspecified atom stereocenters. The normalized spacial score (nSPS) is 13.5. The second-order valence-corrected chi connectivity index (χ2v) is 24.5. The van der Waals surface area contributed by atoms with E-state index >= 15 is 0 Å². The summed E-state index contributed by atoms with van der Waals surface area (Å²) in [6.45, 7) is 21.3. The molecular formula is C71H96N4O6. The van der Waals surface area contributed by atoms with Gasteiger partial charge in [0.1, 0.15) is 0 Å². The van der Waals surface area contributed by atoms with E-state index < -0.39 is 24.1 Å². The molecule has 0 amide bonds. The van der Waals surface area contributed by atoms with Crippen LogP contribution in [-0.2, 0) is 67.6 Å². The van der Waals surface area contributed by atoms with E-state index in [-0.39, 0.29) is 23.9 Å². The van der Waals surface area contributed by atoms with Crippen molar-refractivity contribution in [2.24, 2.45) is 5.92 Å². The Morgan fingerprint density at radius 1 is 0.556 bits per heavy atom. The maximum atomic E-state index is 11.2. The quantitative estimate of drug-likeness (QED) is 0.0258. The molecular weight excluding hydrogens is 1000 g/mol. The zero-order valence-corrected chi connectivity index (χ0v) is 50.6. The fourth-order valence-corrected chi connectivity index (χ4v) is 12.1. The fraction of sp³-hybridized carbons (Fsp3) is 0.465. The number of hydrogen-bond acceptors (Lipinski definition) is 8. The van der Waals surface area contributed by atoms with Gasteiger partial charge in [-0.15, -0.1) is 0 Å². The van der Waals surface area contributed by atoms with Gasteiger partial charge >= 0.3 is 11.9 Å². The van der Waals surface area contributed by atoms with Gasteiger partial charge < -0.3 is 31.1 Å². The number of aryl methyl sites for hydroxylation is 7. The van der Waals surface area contributed by atoms with Crippen molar-refractivity contribution in [3.8, 4) is 22.3 Å². The molecule has 0 fully saturated rings. The topological polar surface area (TPSA) is 146 Å². The smallest absolute Gasteiger partial charge is 0.303 e. The molecule has 0 spiro atoms. The summed E-state index contributed by atoms with van der Waals surface area (Å²) >= 11 is 0. The molecule has 0 aliphatic heterocycles. The number of nitrogens with one attached hydrogen (secondary N) is 2. The second kappa shape index (κ2) is 30.9. The first-order chi connectivity index (χ1) is 38.6. The number of β-amino-alcohol motifs (C(OH)–C–C–N with tert-alkyl or cyclic N) is 2. The molecule has 1 aliphatic rings. The number of carboxylic acids is 2. The van der Waals surface area contributed by atoms with Gasteiger partial charge in [0.25, 0.3) is 0 Å². The lowest BCUT2D eigenvalue weighted by Crippen LogP contribution is -2.47. The van der Waals surface area contributed by atoms with Crippen molar-refractivity contribution in [1.82, 2.24) is 20.4 Å².